The van der Waals surface area contributed by atoms with E-state index in [1.165, 1.54) is 21.3 Å². The van der Waals surface area contributed by atoms with Crippen molar-refractivity contribution >= 4 is 0 Å². The lowest BCUT2D eigenvalue weighted by Gasteiger charge is -2.43. The van der Waals surface area contributed by atoms with Crippen LogP contribution >= 0.6 is 0 Å². The van der Waals surface area contributed by atoms with Crippen molar-refractivity contribution in [3.63, 3.8) is 0 Å². The molecule has 1 aromatic carbocycles. The number of rotatable bonds is 4. The predicted molar refractivity (Wildman–Crippen MR) is 105 cm³/mol. The fourth-order valence-corrected chi connectivity index (χ4v) is 4.53. The molecule has 0 bridgehead atoms. The Balaban J connectivity index is 2.36. The topological polar surface area (TPSA) is 125 Å². The van der Waals surface area contributed by atoms with Gasteiger partial charge in [-0.1, -0.05) is 6.08 Å². The number of fused-ring (bicyclic) bond motifs is 1. The molecule has 0 heterocycles. The third kappa shape index (κ3) is 2.85. The lowest BCUT2D eigenvalue weighted by atomic mass is 9.56. The molecule has 0 aliphatic heterocycles. The molecule has 0 saturated heterocycles. The van der Waals surface area contributed by atoms with Gasteiger partial charge in [0, 0.05) is 5.92 Å². The number of ether oxygens (including phenoxy) is 3. The van der Waals surface area contributed by atoms with Crippen molar-refractivity contribution in [3.05, 3.63) is 40.6 Å². The van der Waals surface area contributed by atoms with Crippen LogP contribution in [0.2, 0.25) is 0 Å². The van der Waals surface area contributed by atoms with Crippen LogP contribution in [0, 0.1) is 45.3 Å². The first kappa shape index (κ1) is 20.1. The highest BCUT2D eigenvalue weighted by Crippen LogP contribution is 2.57. The monoisotopic (exact) mass is 390 g/mol. The molecule has 2 atom stereocenters. The molecule has 0 aromatic heterocycles. The zero-order chi connectivity index (χ0) is 21.2. The summed E-state index contributed by atoms with van der Waals surface area (Å²) in [4.78, 5) is 0. The number of nitriles is 3. The van der Waals surface area contributed by atoms with Crippen LogP contribution in [-0.2, 0) is 0 Å². The van der Waals surface area contributed by atoms with E-state index in [0.29, 0.717) is 22.8 Å². The Kier molecular flexibility index (Phi) is 5.39. The van der Waals surface area contributed by atoms with Crippen molar-refractivity contribution in [2.75, 3.05) is 21.3 Å². The van der Waals surface area contributed by atoms with E-state index in [4.69, 9.17) is 19.9 Å². The maximum atomic E-state index is 10.1. The summed E-state index contributed by atoms with van der Waals surface area (Å²) >= 11 is 0. The Bertz CT molecular complexity index is 981. The van der Waals surface area contributed by atoms with Crippen molar-refractivity contribution in [2.45, 2.75) is 25.2 Å². The van der Waals surface area contributed by atoms with Crippen LogP contribution in [0.25, 0.3) is 0 Å². The summed E-state index contributed by atoms with van der Waals surface area (Å²) in [6.45, 7) is 0. The second-order valence-electron chi connectivity index (χ2n) is 7.07. The van der Waals surface area contributed by atoms with E-state index in [-0.39, 0.29) is 17.2 Å². The van der Waals surface area contributed by atoms with Crippen molar-refractivity contribution in [3.8, 4) is 35.5 Å². The highest BCUT2D eigenvalue weighted by atomic mass is 16.5. The molecule has 0 saturated carbocycles. The van der Waals surface area contributed by atoms with E-state index in [1.54, 1.807) is 12.1 Å². The van der Waals surface area contributed by atoms with Crippen LogP contribution in [0.3, 0.4) is 0 Å². The molecule has 2 aliphatic carbocycles. The zero-order valence-corrected chi connectivity index (χ0v) is 16.7. The zero-order valence-electron chi connectivity index (χ0n) is 16.7. The van der Waals surface area contributed by atoms with E-state index in [9.17, 15) is 15.8 Å². The first-order chi connectivity index (χ1) is 14.0. The largest absolute Gasteiger partial charge is 0.493 e. The summed E-state index contributed by atoms with van der Waals surface area (Å²) in [6, 6.07) is 9.90. The van der Waals surface area contributed by atoms with E-state index < -0.39 is 11.3 Å². The molecule has 2 aliphatic rings. The van der Waals surface area contributed by atoms with Crippen molar-refractivity contribution in [2.24, 2.45) is 17.1 Å². The van der Waals surface area contributed by atoms with Gasteiger partial charge in [0.2, 0.25) is 5.75 Å². The van der Waals surface area contributed by atoms with Gasteiger partial charge < -0.3 is 19.9 Å². The molecule has 7 heteroatoms. The highest BCUT2D eigenvalue weighted by molar-refractivity contribution is 5.62. The molecule has 0 spiro atoms. The average Bonchev–Trinajstić information content (AvgIpc) is 2.77. The summed E-state index contributed by atoms with van der Waals surface area (Å²) in [6.07, 6.45) is 4.49. The van der Waals surface area contributed by atoms with Gasteiger partial charge in [-0.05, 0) is 48.4 Å². The Morgan fingerprint density at radius 2 is 1.66 bits per heavy atom. The molecule has 2 N–H and O–H groups in total. The fraction of sp³-hybridized carbons (Fsp3) is 0.409. The van der Waals surface area contributed by atoms with Gasteiger partial charge >= 0.3 is 0 Å². The summed E-state index contributed by atoms with van der Waals surface area (Å²) in [7, 11) is 4.53. The lowest BCUT2D eigenvalue weighted by Crippen LogP contribution is -2.42. The number of nitrogens with zero attached hydrogens (tertiary/aromatic N) is 3. The molecule has 3 rings (SSSR count). The molecular formula is C22H22N4O3. The first-order valence-corrected chi connectivity index (χ1v) is 9.26. The van der Waals surface area contributed by atoms with Gasteiger partial charge in [-0.2, -0.15) is 15.8 Å². The summed E-state index contributed by atoms with van der Waals surface area (Å²) in [5, 5.41) is 29.9. The Morgan fingerprint density at radius 3 is 2.14 bits per heavy atom. The molecule has 0 fully saturated rings. The van der Waals surface area contributed by atoms with Gasteiger partial charge in [0.25, 0.3) is 0 Å². The molecule has 0 amide bonds. The van der Waals surface area contributed by atoms with Gasteiger partial charge in [-0.3, -0.25) is 0 Å². The Morgan fingerprint density at radius 1 is 1.03 bits per heavy atom. The van der Waals surface area contributed by atoms with Gasteiger partial charge in [0.1, 0.15) is 6.07 Å². The van der Waals surface area contributed by atoms with Crippen LogP contribution < -0.4 is 19.9 Å². The number of nitrogens with two attached hydrogens (primary N) is 1. The molecule has 29 heavy (non-hydrogen) atoms. The van der Waals surface area contributed by atoms with E-state index >= 15 is 0 Å². The third-order valence-electron chi connectivity index (χ3n) is 5.85. The van der Waals surface area contributed by atoms with Crippen molar-refractivity contribution < 1.29 is 14.2 Å². The summed E-state index contributed by atoms with van der Waals surface area (Å²) in [5.41, 5.74) is 6.39. The van der Waals surface area contributed by atoms with Gasteiger partial charge in [-0.25, -0.2) is 0 Å². The molecular weight excluding hydrogens is 368 g/mol. The molecule has 0 radical (unpaired) electrons. The molecule has 7 nitrogen and oxygen atoms in total. The van der Waals surface area contributed by atoms with Crippen LogP contribution in [0.4, 0.5) is 0 Å². The van der Waals surface area contributed by atoms with E-state index in [2.05, 4.69) is 18.2 Å². The smallest absolute Gasteiger partial charge is 0.203 e. The average molecular weight is 390 g/mol. The quantitative estimate of drug-likeness (QED) is 0.836. The minimum absolute atomic E-state index is 0.00755. The van der Waals surface area contributed by atoms with Gasteiger partial charge in [0.15, 0.2) is 16.9 Å². The molecule has 0 unspecified atom stereocenters. The normalized spacial score (nSPS) is 22.3. The second kappa shape index (κ2) is 7.78. The fourth-order valence-electron chi connectivity index (χ4n) is 4.53. The molecule has 1 aromatic rings. The maximum absolute atomic E-state index is 10.1. The summed E-state index contributed by atoms with van der Waals surface area (Å²) in [5.74, 6) is 0.528. The van der Waals surface area contributed by atoms with Gasteiger partial charge in [0.05, 0.1) is 44.7 Å². The van der Waals surface area contributed by atoms with Gasteiger partial charge in [-0.15, -0.1) is 0 Å². The Labute approximate surface area is 170 Å². The van der Waals surface area contributed by atoms with Crippen LogP contribution in [0.1, 0.15) is 30.7 Å². The standard InChI is InChI=1S/C22H22N4O3/c1-27-17-8-13(9-18(28-2)20(17)29-3)19-15-7-5-4-6-14(15)16(10-23)21(26)22(19,11-24)12-25/h6,8-9,15,19H,4-5,7,26H2,1-3H3/t15-,19+/m0/s1. The summed E-state index contributed by atoms with van der Waals surface area (Å²) < 4.78 is 16.3. The number of hydrogen-bond donors (Lipinski definition) is 1. The highest BCUT2D eigenvalue weighted by Gasteiger charge is 2.54. The number of allylic oxidation sites excluding steroid dienone is 4. The minimum Gasteiger partial charge on any atom is -0.493 e. The van der Waals surface area contributed by atoms with Crippen LogP contribution in [0.15, 0.2) is 35.1 Å². The van der Waals surface area contributed by atoms with E-state index in [0.717, 1.165) is 24.8 Å². The third-order valence-corrected chi connectivity index (χ3v) is 5.85. The number of methoxy groups -OCH3 is 3. The maximum Gasteiger partial charge on any atom is 0.203 e. The lowest BCUT2D eigenvalue weighted by molar-refractivity contribution is 0.305. The van der Waals surface area contributed by atoms with Crippen LogP contribution in [-0.4, -0.2) is 21.3 Å². The number of benzene rings is 1. The predicted octanol–water partition coefficient (Wildman–Crippen LogP) is 3.31. The second-order valence-corrected chi connectivity index (χ2v) is 7.07. The van der Waals surface area contributed by atoms with E-state index in [1.807, 2.05) is 6.08 Å². The first-order valence-electron chi connectivity index (χ1n) is 9.26. The minimum atomic E-state index is -1.67. The van der Waals surface area contributed by atoms with Crippen LogP contribution in [0.5, 0.6) is 17.2 Å². The molecule has 148 valence electrons. The van der Waals surface area contributed by atoms with Crippen molar-refractivity contribution in [1.82, 2.24) is 0 Å². The van der Waals surface area contributed by atoms with Crippen molar-refractivity contribution in [1.29, 1.82) is 15.8 Å². The number of hydrogen-bond acceptors (Lipinski definition) is 7. The SMILES string of the molecule is COc1cc([C@@H]2[C@H]3CCCC=C3C(C#N)=C(N)C2(C#N)C#N)cc(OC)c1OC. The Hall–Kier alpha value is -3.63.